The summed E-state index contributed by atoms with van der Waals surface area (Å²) in [4.78, 5) is 0. The lowest BCUT2D eigenvalue weighted by atomic mass is 10.1. The number of halogens is 3. The molecule has 1 N–H and O–H groups in total. The van der Waals surface area contributed by atoms with Gasteiger partial charge in [0.25, 0.3) is 0 Å². The monoisotopic (exact) mass is 261 g/mol. The van der Waals surface area contributed by atoms with Crippen molar-refractivity contribution in [2.24, 2.45) is 5.92 Å². The number of ether oxygens (including phenoxy) is 1. The molecule has 5 heteroatoms. The van der Waals surface area contributed by atoms with E-state index in [0.717, 1.165) is 18.7 Å². The number of nitrogens with one attached hydrogen (secondary N) is 1. The van der Waals surface area contributed by atoms with Crippen molar-refractivity contribution in [1.29, 1.82) is 0 Å². The highest BCUT2D eigenvalue weighted by molar-refractivity contribution is 5.28. The van der Waals surface area contributed by atoms with E-state index >= 15 is 0 Å². The number of benzene rings is 1. The zero-order valence-corrected chi connectivity index (χ0v) is 10.6. The zero-order chi connectivity index (χ0) is 13.6. The van der Waals surface area contributed by atoms with Gasteiger partial charge in [-0.3, -0.25) is 0 Å². The van der Waals surface area contributed by atoms with Crippen LogP contribution in [0, 0.1) is 5.92 Å². The van der Waals surface area contributed by atoms with Crippen molar-refractivity contribution in [3.05, 3.63) is 29.8 Å². The van der Waals surface area contributed by atoms with Crippen molar-refractivity contribution < 1.29 is 17.9 Å². The van der Waals surface area contributed by atoms with Crippen LogP contribution in [0.3, 0.4) is 0 Å². The van der Waals surface area contributed by atoms with Crippen LogP contribution in [0.2, 0.25) is 0 Å². The van der Waals surface area contributed by atoms with Crippen LogP contribution in [-0.4, -0.2) is 19.5 Å². The van der Waals surface area contributed by atoms with Crippen LogP contribution in [0.15, 0.2) is 24.3 Å². The molecule has 102 valence electrons. The quantitative estimate of drug-likeness (QED) is 0.793. The first-order valence-corrected chi connectivity index (χ1v) is 5.92. The van der Waals surface area contributed by atoms with Gasteiger partial charge in [-0.2, -0.15) is 0 Å². The Hall–Kier alpha value is -1.23. The predicted molar refractivity (Wildman–Crippen MR) is 64.5 cm³/mol. The van der Waals surface area contributed by atoms with Crippen molar-refractivity contribution >= 4 is 0 Å². The molecule has 0 spiro atoms. The normalized spacial score (nSPS) is 11.9. The molecule has 2 nitrogen and oxygen atoms in total. The molecule has 0 saturated carbocycles. The van der Waals surface area contributed by atoms with Crippen molar-refractivity contribution in [1.82, 2.24) is 5.32 Å². The fourth-order valence-electron chi connectivity index (χ4n) is 1.52. The molecule has 0 heterocycles. The summed E-state index contributed by atoms with van der Waals surface area (Å²) in [5.41, 5.74) is 0.827. The maximum atomic E-state index is 12.0. The van der Waals surface area contributed by atoms with Gasteiger partial charge in [-0.25, -0.2) is 0 Å². The molecule has 0 aliphatic carbocycles. The van der Waals surface area contributed by atoms with E-state index in [1.54, 1.807) is 12.1 Å². The van der Waals surface area contributed by atoms with E-state index in [1.165, 1.54) is 12.1 Å². The average molecular weight is 261 g/mol. The van der Waals surface area contributed by atoms with E-state index in [2.05, 4.69) is 23.9 Å². The SMILES string of the molecule is CC(C)CNCCc1cccc(OC(F)(F)F)c1. The second-order valence-corrected chi connectivity index (χ2v) is 4.54. The van der Waals surface area contributed by atoms with E-state index in [-0.39, 0.29) is 5.75 Å². The summed E-state index contributed by atoms with van der Waals surface area (Å²) < 4.78 is 40.0. The molecular weight excluding hydrogens is 243 g/mol. The molecule has 0 aromatic heterocycles. The number of hydrogen-bond acceptors (Lipinski definition) is 2. The lowest BCUT2D eigenvalue weighted by molar-refractivity contribution is -0.274. The zero-order valence-electron chi connectivity index (χ0n) is 10.6. The average Bonchev–Trinajstić information content (AvgIpc) is 2.22. The van der Waals surface area contributed by atoms with Crippen molar-refractivity contribution in [2.75, 3.05) is 13.1 Å². The van der Waals surface area contributed by atoms with E-state index in [9.17, 15) is 13.2 Å². The molecule has 18 heavy (non-hydrogen) atoms. The van der Waals surface area contributed by atoms with Gasteiger partial charge in [0, 0.05) is 0 Å². The molecule has 1 aromatic carbocycles. The Balaban J connectivity index is 2.44. The summed E-state index contributed by atoms with van der Waals surface area (Å²) in [6.45, 7) is 5.85. The van der Waals surface area contributed by atoms with Crippen LogP contribution < -0.4 is 10.1 Å². The molecule has 0 bridgehead atoms. The standard InChI is InChI=1S/C13H18F3NO/c1-10(2)9-17-7-6-11-4-3-5-12(8-11)18-13(14,15)16/h3-5,8,10,17H,6-7,9H2,1-2H3. The van der Waals surface area contributed by atoms with Gasteiger partial charge in [0.15, 0.2) is 0 Å². The molecule has 0 aliphatic rings. The van der Waals surface area contributed by atoms with E-state index in [4.69, 9.17) is 0 Å². The highest BCUT2D eigenvalue weighted by Crippen LogP contribution is 2.23. The smallest absolute Gasteiger partial charge is 0.406 e. The van der Waals surface area contributed by atoms with Crippen LogP contribution >= 0.6 is 0 Å². The minimum atomic E-state index is -4.63. The summed E-state index contributed by atoms with van der Waals surface area (Å²) in [5, 5.41) is 3.24. The van der Waals surface area contributed by atoms with Crippen LogP contribution in [0.1, 0.15) is 19.4 Å². The van der Waals surface area contributed by atoms with E-state index < -0.39 is 6.36 Å². The van der Waals surface area contributed by atoms with Crippen molar-refractivity contribution in [3.63, 3.8) is 0 Å². The molecule has 0 radical (unpaired) electrons. The van der Waals surface area contributed by atoms with Gasteiger partial charge in [-0.05, 0) is 43.1 Å². The molecule has 0 fully saturated rings. The predicted octanol–water partition coefficient (Wildman–Crippen LogP) is 3.37. The fraction of sp³-hybridized carbons (Fsp3) is 0.538. The maximum absolute atomic E-state index is 12.0. The second kappa shape index (κ2) is 6.64. The highest BCUT2D eigenvalue weighted by atomic mass is 19.4. The first-order valence-electron chi connectivity index (χ1n) is 5.92. The van der Waals surface area contributed by atoms with Crippen LogP contribution in [0.5, 0.6) is 5.75 Å². The topological polar surface area (TPSA) is 21.3 Å². The molecular formula is C13H18F3NO. The minimum Gasteiger partial charge on any atom is -0.406 e. The molecule has 1 aromatic rings. The largest absolute Gasteiger partial charge is 0.573 e. The Morgan fingerprint density at radius 1 is 1.28 bits per heavy atom. The first-order chi connectivity index (χ1) is 8.37. The third-order valence-electron chi connectivity index (χ3n) is 2.28. The Morgan fingerprint density at radius 3 is 2.61 bits per heavy atom. The third kappa shape index (κ3) is 6.49. The maximum Gasteiger partial charge on any atom is 0.573 e. The summed E-state index contributed by atoms with van der Waals surface area (Å²) >= 11 is 0. The Kier molecular flexibility index (Phi) is 5.47. The fourth-order valence-corrected chi connectivity index (χ4v) is 1.52. The van der Waals surface area contributed by atoms with E-state index in [1.807, 2.05) is 0 Å². The van der Waals surface area contributed by atoms with Gasteiger partial charge in [0.05, 0.1) is 0 Å². The molecule has 1 rings (SSSR count). The molecule has 0 amide bonds. The van der Waals surface area contributed by atoms with Crippen LogP contribution in [0.25, 0.3) is 0 Å². The van der Waals surface area contributed by atoms with Gasteiger partial charge in [-0.15, -0.1) is 13.2 Å². The van der Waals surface area contributed by atoms with Crippen LogP contribution in [-0.2, 0) is 6.42 Å². The molecule has 0 atom stereocenters. The van der Waals surface area contributed by atoms with Gasteiger partial charge in [0.1, 0.15) is 5.75 Å². The number of hydrogen-bond donors (Lipinski definition) is 1. The summed E-state index contributed by atoms with van der Waals surface area (Å²) in [7, 11) is 0. The Morgan fingerprint density at radius 2 is 2.00 bits per heavy atom. The lowest BCUT2D eigenvalue weighted by Gasteiger charge is -2.10. The van der Waals surface area contributed by atoms with Crippen LogP contribution in [0.4, 0.5) is 13.2 Å². The first kappa shape index (κ1) is 14.8. The summed E-state index contributed by atoms with van der Waals surface area (Å²) in [5.74, 6) is 0.397. The summed E-state index contributed by atoms with van der Waals surface area (Å²) in [6, 6.07) is 6.09. The second-order valence-electron chi connectivity index (χ2n) is 4.54. The number of rotatable bonds is 6. The Labute approximate surface area is 105 Å². The minimum absolute atomic E-state index is 0.163. The Bertz CT molecular complexity index is 363. The van der Waals surface area contributed by atoms with Crippen molar-refractivity contribution in [2.45, 2.75) is 26.6 Å². The lowest BCUT2D eigenvalue weighted by Crippen LogP contribution is -2.22. The molecule has 0 saturated heterocycles. The molecule has 0 unspecified atom stereocenters. The van der Waals surface area contributed by atoms with Gasteiger partial charge in [0.2, 0.25) is 0 Å². The third-order valence-corrected chi connectivity index (χ3v) is 2.28. The van der Waals surface area contributed by atoms with Gasteiger partial charge < -0.3 is 10.1 Å². The van der Waals surface area contributed by atoms with Gasteiger partial charge >= 0.3 is 6.36 Å². The highest BCUT2D eigenvalue weighted by Gasteiger charge is 2.31. The summed E-state index contributed by atoms with van der Waals surface area (Å²) in [6.07, 6.45) is -3.95. The molecule has 0 aliphatic heterocycles. The van der Waals surface area contributed by atoms with Gasteiger partial charge in [-0.1, -0.05) is 26.0 Å². The number of alkyl halides is 3. The van der Waals surface area contributed by atoms with Crippen molar-refractivity contribution in [3.8, 4) is 5.75 Å². The van der Waals surface area contributed by atoms with E-state index in [0.29, 0.717) is 12.3 Å².